The highest BCUT2D eigenvalue weighted by molar-refractivity contribution is 5.76. The average molecular weight is 936 g/mol. The van der Waals surface area contributed by atoms with Gasteiger partial charge in [-0.15, -0.1) is 0 Å². The molecule has 1 aliphatic heterocycles. The van der Waals surface area contributed by atoms with Crippen molar-refractivity contribution in [2.24, 2.45) is 0 Å². The van der Waals surface area contributed by atoms with Gasteiger partial charge in [0.25, 0.3) is 0 Å². The molecule has 0 aliphatic carbocycles. The van der Waals surface area contributed by atoms with Crippen molar-refractivity contribution in [3.63, 3.8) is 0 Å². The second kappa shape index (κ2) is 45.3. The van der Waals surface area contributed by atoms with E-state index >= 15 is 0 Å². The monoisotopic (exact) mass is 936 g/mol. The van der Waals surface area contributed by atoms with Gasteiger partial charge in [-0.2, -0.15) is 0 Å². The lowest BCUT2D eigenvalue weighted by atomic mass is 9.99. The number of aliphatic hydroxyl groups is 5. The standard InChI is InChI=1S/C55H101NO10/c1-3-5-7-9-11-13-15-16-17-18-22-25-29-33-37-41-48(58)47(46-65-55-54(63)53(62)52(61)49(45-57)66-55)56-50(59)42-38-34-30-26-23-19-20-24-28-32-36-40-44-64-51(60)43-39-35-31-27-21-14-12-10-8-6-4-2/h10,12,20,24,37,41,47-49,52-55,57-58,61-63H,3-9,11,13-19,21-23,25-36,38-40,42-46H2,1-2H3,(H,56,59)/b12-10-,24-20-,41-37+. The van der Waals surface area contributed by atoms with Gasteiger partial charge in [-0.1, -0.05) is 179 Å². The SMILES string of the molecule is CCCC/C=C\CCCCCCCC(=O)OCCCCC/C=C\CCCCCCCC(=O)NC(COC1OC(CO)C(O)C(O)C1O)C(O)/C=C/CCCCCCCCCCCCCCC. The number of ether oxygens (including phenoxy) is 3. The molecule has 0 aromatic rings. The first kappa shape index (κ1) is 61.9. The third kappa shape index (κ3) is 35.1. The van der Waals surface area contributed by atoms with E-state index in [9.17, 15) is 35.1 Å². The van der Waals surface area contributed by atoms with Crippen molar-refractivity contribution in [2.75, 3.05) is 19.8 Å². The van der Waals surface area contributed by atoms with Crippen molar-refractivity contribution in [1.82, 2.24) is 5.32 Å². The summed E-state index contributed by atoms with van der Waals surface area (Å²) in [6, 6.07) is -0.829. The van der Waals surface area contributed by atoms with E-state index in [0.717, 1.165) is 96.3 Å². The Bertz CT molecular complexity index is 1190. The van der Waals surface area contributed by atoms with Gasteiger partial charge in [-0.05, 0) is 83.5 Å². The van der Waals surface area contributed by atoms with Gasteiger partial charge in [-0.3, -0.25) is 9.59 Å². The summed E-state index contributed by atoms with van der Waals surface area (Å²) >= 11 is 0. The number of esters is 1. The van der Waals surface area contributed by atoms with Gasteiger partial charge < -0.3 is 45.1 Å². The second-order valence-corrected chi connectivity index (χ2v) is 18.9. The first-order chi connectivity index (χ1) is 32.2. The maximum atomic E-state index is 13.0. The molecule has 6 N–H and O–H groups in total. The van der Waals surface area contributed by atoms with E-state index in [1.165, 1.54) is 116 Å². The lowest BCUT2D eigenvalue weighted by Gasteiger charge is -2.40. The van der Waals surface area contributed by atoms with Gasteiger partial charge in [0.05, 0.1) is 32.0 Å². The molecule has 0 spiro atoms. The molecule has 11 nitrogen and oxygen atoms in total. The molecule has 66 heavy (non-hydrogen) atoms. The summed E-state index contributed by atoms with van der Waals surface area (Å²) in [5.74, 6) is -0.266. The summed E-state index contributed by atoms with van der Waals surface area (Å²) in [4.78, 5) is 25.0. The van der Waals surface area contributed by atoms with Gasteiger partial charge in [0.15, 0.2) is 6.29 Å². The Morgan fingerprint density at radius 3 is 1.50 bits per heavy atom. The molecule has 0 radical (unpaired) electrons. The first-order valence-corrected chi connectivity index (χ1v) is 27.3. The number of hydrogen-bond donors (Lipinski definition) is 6. The minimum Gasteiger partial charge on any atom is -0.466 e. The summed E-state index contributed by atoms with van der Waals surface area (Å²) in [6.45, 7) is 4.22. The molecule has 0 bridgehead atoms. The largest absolute Gasteiger partial charge is 0.466 e. The topological polar surface area (TPSA) is 175 Å². The molecule has 1 fully saturated rings. The highest BCUT2D eigenvalue weighted by atomic mass is 16.7. The Labute approximate surface area is 403 Å². The third-order valence-corrected chi connectivity index (χ3v) is 12.7. The van der Waals surface area contributed by atoms with Crippen LogP contribution in [0.4, 0.5) is 0 Å². The first-order valence-electron chi connectivity index (χ1n) is 27.3. The minimum absolute atomic E-state index is 0.0581. The van der Waals surface area contributed by atoms with Crippen LogP contribution in [0.1, 0.15) is 239 Å². The summed E-state index contributed by atoms with van der Waals surface area (Å²) in [5, 5.41) is 54.3. The molecule has 7 atom stereocenters. The quantitative estimate of drug-likeness (QED) is 0.0196. The fourth-order valence-electron chi connectivity index (χ4n) is 8.29. The van der Waals surface area contributed by atoms with Crippen LogP contribution in [0.15, 0.2) is 36.5 Å². The maximum absolute atomic E-state index is 13.0. The Morgan fingerprint density at radius 1 is 0.545 bits per heavy atom. The predicted molar refractivity (Wildman–Crippen MR) is 269 cm³/mol. The van der Waals surface area contributed by atoms with Crippen molar-refractivity contribution in [2.45, 2.75) is 281 Å². The number of carbonyl (C=O) groups excluding carboxylic acids is 2. The van der Waals surface area contributed by atoms with Crippen LogP contribution in [0.2, 0.25) is 0 Å². The zero-order valence-corrected chi connectivity index (χ0v) is 42.2. The van der Waals surface area contributed by atoms with Crippen LogP contribution >= 0.6 is 0 Å². The summed E-state index contributed by atoms with van der Waals surface area (Å²) in [5.41, 5.74) is 0. The van der Waals surface area contributed by atoms with E-state index in [2.05, 4.69) is 43.5 Å². The van der Waals surface area contributed by atoms with E-state index in [4.69, 9.17) is 14.2 Å². The van der Waals surface area contributed by atoms with Crippen molar-refractivity contribution in [1.29, 1.82) is 0 Å². The van der Waals surface area contributed by atoms with Crippen LogP contribution in [0.3, 0.4) is 0 Å². The van der Waals surface area contributed by atoms with Gasteiger partial charge in [0.1, 0.15) is 24.4 Å². The fourth-order valence-corrected chi connectivity index (χ4v) is 8.29. The second-order valence-electron chi connectivity index (χ2n) is 18.9. The zero-order chi connectivity index (χ0) is 48.1. The predicted octanol–water partition coefficient (Wildman–Crippen LogP) is 11.6. The normalized spacial score (nSPS) is 19.9. The van der Waals surface area contributed by atoms with Gasteiger partial charge in [0.2, 0.25) is 5.91 Å². The molecule has 7 unspecified atom stereocenters. The van der Waals surface area contributed by atoms with Crippen molar-refractivity contribution < 1.29 is 49.3 Å². The average Bonchev–Trinajstić information content (AvgIpc) is 3.31. The molecule has 11 heteroatoms. The van der Waals surface area contributed by atoms with Crippen molar-refractivity contribution in [3.8, 4) is 0 Å². The number of nitrogens with one attached hydrogen (secondary N) is 1. The van der Waals surface area contributed by atoms with Crippen LogP contribution < -0.4 is 5.32 Å². The van der Waals surface area contributed by atoms with Crippen LogP contribution in [0.25, 0.3) is 0 Å². The molecule has 386 valence electrons. The highest BCUT2D eigenvalue weighted by Crippen LogP contribution is 2.23. The van der Waals surface area contributed by atoms with Crippen LogP contribution in [-0.2, 0) is 23.8 Å². The number of unbranched alkanes of at least 4 members (excludes halogenated alkanes) is 28. The van der Waals surface area contributed by atoms with Gasteiger partial charge in [0, 0.05) is 12.8 Å². The van der Waals surface area contributed by atoms with Crippen LogP contribution in [-0.4, -0.2) is 100 Å². The van der Waals surface area contributed by atoms with E-state index in [1.54, 1.807) is 6.08 Å². The molecule has 0 aromatic heterocycles. The number of amides is 1. The number of allylic oxidation sites excluding steroid dienone is 5. The molecule has 1 amide bonds. The van der Waals surface area contributed by atoms with Gasteiger partial charge >= 0.3 is 5.97 Å². The molecule has 1 saturated heterocycles. The maximum Gasteiger partial charge on any atom is 0.305 e. The van der Waals surface area contributed by atoms with E-state index in [0.29, 0.717) is 19.4 Å². The van der Waals surface area contributed by atoms with E-state index < -0.39 is 49.5 Å². The molecular formula is C55H101NO10. The summed E-state index contributed by atoms with van der Waals surface area (Å²) in [7, 11) is 0. The Hall–Kier alpha value is -2.12. The Kier molecular flexibility index (Phi) is 42.5. The number of rotatable bonds is 46. The third-order valence-electron chi connectivity index (χ3n) is 12.7. The Morgan fingerprint density at radius 2 is 0.985 bits per heavy atom. The number of aliphatic hydroxyl groups excluding tert-OH is 5. The van der Waals surface area contributed by atoms with Crippen LogP contribution in [0, 0.1) is 0 Å². The van der Waals surface area contributed by atoms with E-state index in [1.807, 2.05) is 6.08 Å². The Balaban J connectivity index is 2.24. The molecule has 0 aromatic carbocycles. The number of carbonyl (C=O) groups is 2. The summed E-state index contributed by atoms with van der Waals surface area (Å²) < 4.78 is 16.6. The lowest BCUT2D eigenvalue weighted by Crippen LogP contribution is -2.60. The van der Waals surface area contributed by atoms with E-state index in [-0.39, 0.29) is 18.5 Å². The van der Waals surface area contributed by atoms with Crippen LogP contribution in [0.5, 0.6) is 0 Å². The molecule has 1 heterocycles. The minimum atomic E-state index is -1.58. The van der Waals surface area contributed by atoms with Crippen molar-refractivity contribution >= 4 is 11.9 Å². The zero-order valence-electron chi connectivity index (χ0n) is 42.2. The fraction of sp³-hybridized carbons (Fsp3) is 0.855. The molecule has 1 aliphatic rings. The smallest absolute Gasteiger partial charge is 0.305 e. The molecule has 1 rings (SSSR count). The lowest BCUT2D eigenvalue weighted by molar-refractivity contribution is -0.302. The number of hydrogen-bond acceptors (Lipinski definition) is 10. The summed E-state index contributed by atoms with van der Waals surface area (Å²) in [6.07, 6.45) is 43.5. The molecular weight excluding hydrogens is 835 g/mol. The molecule has 0 saturated carbocycles. The van der Waals surface area contributed by atoms with Crippen molar-refractivity contribution in [3.05, 3.63) is 36.5 Å². The highest BCUT2D eigenvalue weighted by Gasteiger charge is 2.44. The van der Waals surface area contributed by atoms with Gasteiger partial charge in [-0.25, -0.2) is 0 Å².